The summed E-state index contributed by atoms with van der Waals surface area (Å²) in [6.07, 6.45) is 3.47. The van der Waals surface area contributed by atoms with E-state index in [2.05, 4.69) is 6.58 Å². The quantitative estimate of drug-likeness (QED) is 0.307. The van der Waals surface area contributed by atoms with E-state index in [1.807, 2.05) is 0 Å². The maximum absolute atomic E-state index is 10.7. The summed E-state index contributed by atoms with van der Waals surface area (Å²) in [6, 6.07) is 6.91. The van der Waals surface area contributed by atoms with Gasteiger partial charge in [0.25, 0.3) is 0 Å². The molecule has 0 aliphatic carbocycles. The lowest BCUT2D eigenvalue weighted by atomic mass is 10.2. The molecule has 0 heterocycles. The minimum absolute atomic E-state index is 0.373. The lowest BCUT2D eigenvalue weighted by Crippen LogP contribution is -2.04. The van der Waals surface area contributed by atoms with Crippen molar-refractivity contribution < 1.29 is 19.1 Å². The summed E-state index contributed by atoms with van der Waals surface area (Å²) < 4.78 is 10.3. The van der Waals surface area contributed by atoms with Gasteiger partial charge in [-0.05, 0) is 37.1 Å². The van der Waals surface area contributed by atoms with Gasteiger partial charge in [0, 0.05) is 11.6 Å². The van der Waals surface area contributed by atoms with Crippen LogP contribution in [0.4, 0.5) is 0 Å². The van der Waals surface area contributed by atoms with E-state index in [9.17, 15) is 9.59 Å². The number of unbranched alkanes of at least 4 members (excludes halogenated alkanes) is 1. The molecule has 0 unspecified atom stereocenters. The fourth-order valence-corrected chi connectivity index (χ4v) is 1.27. The molecule has 0 saturated heterocycles. The Morgan fingerprint density at radius 2 is 1.83 bits per heavy atom. The first-order chi connectivity index (χ1) is 8.76. The van der Waals surface area contributed by atoms with E-state index in [0.29, 0.717) is 18.8 Å². The van der Waals surface area contributed by atoms with Crippen LogP contribution >= 0.6 is 0 Å². The summed E-state index contributed by atoms with van der Waals surface area (Å²) in [6.45, 7) is 4.23. The number of rotatable bonds is 8. The Bertz CT molecular complexity index is 395. The maximum atomic E-state index is 10.7. The first-order valence-corrected chi connectivity index (χ1v) is 5.73. The van der Waals surface area contributed by atoms with Gasteiger partial charge in [-0.3, -0.25) is 4.79 Å². The van der Waals surface area contributed by atoms with Gasteiger partial charge in [0.1, 0.15) is 12.0 Å². The third kappa shape index (κ3) is 5.30. The van der Waals surface area contributed by atoms with E-state index >= 15 is 0 Å². The second-order valence-electron chi connectivity index (χ2n) is 3.61. The van der Waals surface area contributed by atoms with Gasteiger partial charge >= 0.3 is 5.97 Å². The number of hydrogen-bond acceptors (Lipinski definition) is 4. The molecule has 96 valence electrons. The summed E-state index contributed by atoms with van der Waals surface area (Å²) in [5.74, 6) is 0.323. The highest BCUT2D eigenvalue weighted by Gasteiger charge is 1.97. The van der Waals surface area contributed by atoms with Gasteiger partial charge in [-0.1, -0.05) is 6.58 Å². The molecule has 18 heavy (non-hydrogen) atoms. The topological polar surface area (TPSA) is 52.6 Å². The first-order valence-electron chi connectivity index (χ1n) is 5.73. The Morgan fingerprint density at radius 1 is 1.17 bits per heavy atom. The average molecular weight is 248 g/mol. The predicted octanol–water partition coefficient (Wildman–Crippen LogP) is 2.39. The lowest BCUT2D eigenvalue weighted by Gasteiger charge is -2.06. The van der Waals surface area contributed by atoms with Crippen molar-refractivity contribution in [1.29, 1.82) is 0 Å². The highest BCUT2D eigenvalue weighted by Crippen LogP contribution is 2.11. The smallest absolute Gasteiger partial charge is 0.330 e. The number of aldehydes is 1. The highest BCUT2D eigenvalue weighted by atomic mass is 16.5. The van der Waals surface area contributed by atoms with E-state index in [4.69, 9.17) is 9.47 Å². The Kier molecular flexibility index (Phi) is 6.25. The number of carbonyl (C=O) groups excluding carboxylic acids is 2. The van der Waals surface area contributed by atoms with Gasteiger partial charge in [-0.2, -0.15) is 0 Å². The van der Waals surface area contributed by atoms with Crippen molar-refractivity contribution in [3.8, 4) is 5.75 Å². The SMILES string of the molecule is C=CC(=O)OCCCCOc1ccc(C=O)cc1. The van der Waals surface area contributed by atoms with Crippen molar-refractivity contribution in [2.45, 2.75) is 12.8 Å². The second kappa shape index (κ2) is 8.06. The number of esters is 1. The summed E-state index contributed by atoms with van der Waals surface area (Å²) in [5.41, 5.74) is 0.624. The molecule has 0 saturated carbocycles. The van der Waals surface area contributed by atoms with Crippen LogP contribution in [0.5, 0.6) is 5.75 Å². The molecule has 0 aliphatic rings. The molecule has 1 rings (SSSR count). The fourth-order valence-electron chi connectivity index (χ4n) is 1.27. The monoisotopic (exact) mass is 248 g/mol. The summed E-state index contributed by atoms with van der Waals surface area (Å²) >= 11 is 0. The molecule has 4 nitrogen and oxygen atoms in total. The molecule has 0 spiro atoms. The van der Waals surface area contributed by atoms with E-state index in [0.717, 1.165) is 31.0 Å². The molecule has 0 aliphatic heterocycles. The van der Waals surface area contributed by atoms with Crippen molar-refractivity contribution in [3.05, 3.63) is 42.5 Å². The van der Waals surface area contributed by atoms with E-state index in [-0.39, 0.29) is 0 Å². The van der Waals surface area contributed by atoms with Gasteiger partial charge in [0.15, 0.2) is 0 Å². The third-order valence-electron chi connectivity index (χ3n) is 2.23. The molecule has 0 atom stereocenters. The maximum Gasteiger partial charge on any atom is 0.330 e. The fraction of sp³-hybridized carbons (Fsp3) is 0.286. The van der Waals surface area contributed by atoms with Gasteiger partial charge < -0.3 is 9.47 Å². The molecule has 0 aromatic heterocycles. The van der Waals surface area contributed by atoms with E-state index < -0.39 is 5.97 Å². The largest absolute Gasteiger partial charge is 0.494 e. The number of carbonyl (C=O) groups is 2. The highest BCUT2D eigenvalue weighted by molar-refractivity contribution is 5.81. The second-order valence-corrected chi connectivity index (χ2v) is 3.61. The molecule has 1 aromatic carbocycles. The molecule has 0 amide bonds. The molecule has 4 heteroatoms. The van der Waals surface area contributed by atoms with Crippen molar-refractivity contribution >= 4 is 12.3 Å². The lowest BCUT2D eigenvalue weighted by molar-refractivity contribution is -0.137. The first kappa shape index (κ1) is 14.0. The number of benzene rings is 1. The molecular formula is C14H16O4. The normalized spacial score (nSPS) is 9.56. The Morgan fingerprint density at radius 3 is 2.44 bits per heavy atom. The van der Waals surface area contributed by atoms with Crippen LogP contribution in [0.15, 0.2) is 36.9 Å². The van der Waals surface area contributed by atoms with Crippen molar-refractivity contribution in [1.82, 2.24) is 0 Å². The zero-order valence-electron chi connectivity index (χ0n) is 10.1. The minimum Gasteiger partial charge on any atom is -0.494 e. The minimum atomic E-state index is -0.402. The van der Waals surface area contributed by atoms with Crippen LogP contribution in [0, 0.1) is 0 Å². The number of hydrogen-bond donors (Lipinski definition) is 0. The van der Waals surface area contributed by atoms with Crippen LogP contribution in [0.25, 0.3) is 0 Å². The molecular weight excluding hydrogens is 232 g/mol. The Labute approximate surface area is 106 Å². The van der Waals surface area contributed by atoms with Gasteiger partial charge in [-0.25, -0.2) is 4.79 Å². The van der Waals surface area contributed by atoms with Crippen LogP contribution in [-0.2, 0) is 9.53 Å². The van der Waals surface area contributed by atoms with Gasteiger partial charge in [0.05, 0.1) is 13.2 Å². The molecule has 0 radical (unpaired) electrons. The third-order valence-corrected chi connectivity index (χ3v) is 2.23. The standard InChI is InChI=1S/C14H16O4/c1-2-14(16)18-10-4-3-9-17-13-7-5-12(11-15)6-8-13/h2,5-8,11H,1,3-4,9-10H2. The Hall–Kier alpha value is -2.10. The molecule has 0 N–H and O–H groups in total. The van der Waals surface area contributed by atoms with Gasteiger partial charge in [-0.15, -0.1) is 0 Å². The van der Waals surface area contributed by atoms with Crippen LogP contribution in [-0.4, -0.2) is 25.5 Å². The summed E-state index contributed by atoms with van der Waals surface area (Å²) in [5, 5.41) is 0. The Balaban J connectivity index is 2.11. The molecule has 0 bridgehead atoms. The number of ether oxygens (including phenoxy) is 2. The van der Waals surface area contributed by atoms with Crippen LogP contribution in [0.2, 0.25) is 0 Å². The van der Waals surface area contributed by atoms with Crippen molar-refractivity contribution in [2.75, 3.05) is 13.2 Å². The van der Waals surface area contributed by atoms with Crippen LogP contribution < -0.4 is 4.74 Å². The zero-order valence-corrected chi connectivity index (χ0v) is 10.1. The predicted molar refractivity (Wildman–Crippen MR) is 67.7 cm³/mol. The summed E-state index contributed by atoms with van der Waals surface area (Å²) in [4.78, 5) is 21.2. The zero-order chi connectivity index (χ0) is 13.2. The van der Waals surface area contributed by atoms with Crippen molar-refractivity contribution in [3.63, 3.8) is 0 Å². The van der Waals surface area contributed by atoms with Crippen LogP contribution in [0.3, 0.4) is 0 Å². The van der Waals surface area contributed by atoms with Gasteiger partial charge in [0.2, 0.25) is 0 Å². The molecule has 1 aromatic rings. The molecule has 0 fully saturated rings. The van der Waals surface area contributed by atoms with Crippen LogP contribution in [0.1, 0.15) is 23.2 Å². The average Bonchev–Trinajstić information content (AvgIpc) is 2.43. The van der Waals surface area contributed by atoms with E-state index in [1.165, 1.54) is 0 Å². The van der Waals surface area contributed by atoms with E-state index in [1.54, 1.807) is 24.3 Å². The van der Waals surface area contributed by atoms with Crippen molar-refractivity contribution in [2.24, 2.45) is 0 Å². The summed E-state index contributed by atoms with van der Waals surface area (Å²) in [7, 11) is 0.